The summed E-state index contributed by atoms with van der Waals surface area (Å²) in [6.07, 6.45) is 11.1. The van der Waals surface area contributed by atoms with Crippen LogP contribution in [0.25, 0.3) is 0 Å². The van der Waals surface area contributed by atoms with Crippen molar-refractivity contribution in [3.63, 3.8) is 0 Å². The van der Waals surface area contributed by atoms with E-state index in [1.807, 2.05) is 0 Å². The minimum atomic E-state index is -0.536. The molecular formula is C16H28O4. The normalized spacial score (nSPS) is 10.1. The molecule has 0 amide bonds. The number of unbranched alkanes of at least 4 members (excludes halogenated alkanes) is 8. The Morgan fingerprint density at radius 1 is 0.850 bits per heavy atom. The van der Waals surface area contributed by atoms with E-state index in [4.69, 9.17) is 4.74 Å². The van der Waals surface area contributed by atoms with Gasteiger partial charge in [-0.2, -0.15) is 0 Å². The van der Waals surface area contributed by atoms with Gasteiger partial charge in [-0.05, 0) is 13.0 Å². The molecule has 0 aliphatic carbocycles. The maximum Gasteiger partial charge on any atom is 0.313 e. The second-order valence-electron chi connectivity index (χ2n) is 5.02. The highest BCUT2D eigenvalue weighted by molar-refractivity contribution is 5.71. The van der Waals surface area contributed by atoms with Crippen molar-refractivity contribution in [2.45, 2.75) is 78.1 Å². The average molecular weight is 284 g/mol. The molecule has 0 rings (SSSR count). The topological polar surface area (TPSA) is 52.6 Å². The number of ether oxygens (including phenoxy) is 2. The Morgan fingerprint density at radius 2 is 1.35 bits per heavy atom. The van der Waals surface area contributed by atoms with Crippen LogP contribution in [0.2, 0.25) is 0 Å². The lowest BCUT2D eigenvalue weighted by Gasteiger charge is -2.06. The number of hydrogen-bond donors (Lipinski definition) is 0. The van der Waals surface area contributed by atoms with E-state index < -0.39 is 5.97 Å². The molecule has 20 heavy (non-hydrogen) atoms. The standard InChI is InChI=1S/C16H28O4/c1-4-5-6-7-8-9-10-11-12-13-16(18)20-15(3)19-14(2)17/h3-13H2,1-2H3. The smallest absolute Gasteiger partial charge is 0.313 e. The Morgan fingerprint density at radius 3 is 1.85 bits per heavy atom. The molecule has 0 N–H and O–H groups in total. The van der Waals surface area contributed by atoms with Gasteiger partial charge in [0.15, 0.2) is 0 Å². The molecule has 0 bridgehead atoms. The van der Waals surface area contributed by atoms with Crippen molar-refractivity contribution in [2.24, 2.45) is 0 Å². The third-order valence-corrected chi connectivity index (χ3v) is 2.97. The summed E-state index contributed by atoms with van der Waals surface area (Å²) < 4.78 is 9.29. The summed E-state index contributed by atoms with van der Waals surface area (Å²) in [4.78, 5) is 22.0. The van der Waals surface area contributed by atoms with Crippen LogP contribution >= 0.6 is 0 Å². The first-order chi connectivity index (χ1) is 9.56. The molecule has 0 spiro atoms. The first kappa shape index (κ1) is 18.7. The molecule has 0 unspecified atom stereocenters. The first-order valence-corrected chi connectivity index (χ1v) is 7.64. The minimum absolute atomic E-state index is 0.238. The highest BCUT2D eigenvalue weighted by atomic mass is 16.7. The highest BCUT2D eigenvalue weighted by Gasteiger charge is 2.07. The minimum Gasteiger partial charge on any atom is -0.393 e. The molecule has 0 aromatic heterocycles. The van der Waals surface area contributed by atoms with Crippen molar-refractivity contribution in [2.75, 3.05) is 0 Å². The zero-order valence-corrected chi connectivity index (χ0v) is 12.9. The highest BCUT2D eigenvalue weighted by Crippen LogP contribution is 2.11. The van der Waals surface area contributed by atoms with Crippen LogP contribution in [0.5, 0.6) is 0 Å². The van der Waals surface area contributed by atoms with Crippen LogP contribution in [-0.4, -0.2) is 11.9 Å². The number of rotatable bonds is 12. The van der Waals surface area contributed by atoms with Crippen LogP contribution in [0.4, 0.5) is 0 Å². The lowest BCUT2D eigenvalue weighted by atomic mass is 10.1. The summed E-state index contributed by atoms with van der Waals surface area (Å²) in [7, 11) is 0. The number of hydrogen-bond acceptors (Lipinski definition) is 4. The van der Waals surface area contributed by atoms with E-state index in [-0.39, 0.29) is 11.9 Å². The van der Waals surface area contributed by atoms with E-state index in [0.717, 1.165) is 19.3 Å². The van der Waals surface area contributed by atoms with Crippen LogP contribution in [0.1, 0.15) is 78.1 Å². The van der Waals surface area contributed by atoms with Gasteiger partial charge in [-0.1, -0.05) is 58.3 Å². The molecule has 0 fully saturated rings. The van der Waals surface area contributed by atoms with E-state index in [2.05, 4.69) is 18.2 Å². The molecule has 0 aliphatic heterocycles. The fraction of sp³-hybridized carbons (Fsp3) is 0.750. The van der Waals surface area contributed by atoms with Gasteiger partial charge in [0.1, 0.15) is 0 Å². The third-order valence-electron chi connectivity index (χ3n) is 2.97. The molecule has 0 aromatic carbocycles. The SMILES string of the molecule is C=C(OC(C)=O)OC(=O)CCCCCCCCCCC. The maximum absolute atomic E-state index is 11.4. The predicted octanol–water partition coefficient (Wildman–Crippen LogP) is 4.48. The van der Waals surface area contributed by atoms with Gasteiger partial charge >= 0.3 is 11.9 Å². The van der Waals surface area contributed by atoms with Crippen LogP contribution in [0.15, 0.2) is 12.5 Å². The molecule has 0 aromatic rings. The molecule has 0 radical (unpaired) electrons. The van der Waals surface area contributed by atoms with E-state index >= 15 is 0 Å². The number of carbonyl (C=O) groups is 2. The summed E-state index contributed by atoms with van der Waals surface area (Å²) in [6, 6.07) is 0. The lowest BCUT2D eigenvalue weighted by molar-refractivity contribution is -0.152. The van der Waals surface area contributed by atoms with Crippen LogP contribution in [0, 0.1) is 0 Å². The average Bonchev–Trinajstić information content (AvgIpc) is 2.35. The molecule has 0 saturated heterocycles. The Hall–Kier alpha value is -1.32. The monoisotopic (exact) mass is 284 g/mol. The number of carbonyl (C=O) groups excluding carboxylic acids is 2. The summed E-state index contributed by atoms with van der Waals surface area (Å²) >= 11 is 0. The van der Waals surface area contributed by atoms with Crippen molar-refractivity contribution < 1.29 is 19.1 Å². The fourth-order valence-corrected chi connectivity index (χ4v) is 1.94. The summed E-state index contributed by atoms with van der Waals surface area (Å²) in [5.41, 5.74) is 0. The van der Waals surface area contributed by atoms with Gasteiger partial charge in [-0.3, -0.25) is 9.59 Å². The summed E-state index contributed by atoms with van der Waals surface area (Å²) in [5.74, 6) is -1.16. The molecule has 0 atom stereocenters. The Bertz CT molecular complexity index is 297. The van der Waals surface area contributed by atoms with E-state index in [0.29, 0.717) is 6.42 Å². The van der Waals surface area contributed by atoms with Crippen molar-refractivity contribution in [3.05, 3.63) is 12.5 Å². The third kappa shape index (κ3) is 13.1. The molecule has 0 saturated carbocycles. The molecule has 0 heterocycles. The Labute approximate surface area is 122 Å². The second kappa shape index (κ2) is 12.7. The largest absolute Gasteiger partial charge is 0.393 e. The fourth-order valence-electron chi connectivity index (χ4n) is 1.94. The Kier molecular flexibility index (Phi) is 11.9. The second-order valence-corrected chi connectivity index (χ2v) is 5.02. The summed E-state index contributed by atoms with van der Waals surface area (Å²) in [6.45, 7) is 6.80. The van der Waals surface area contributed by atoms with Gasteiger partial charge in [0.05, 0.1) is 0 Å². The van der Waals surface area contributed by atoms with Crippen molar-refractivity contribution in [1.82, 2.24) is 0 Å². The number of esters is 2. The van der Waals surface area contributed by atoms with E-state index in [1.54, 1.807) is 0 Å². The molecule has 4 heteroatoms. The molecule has 0 aliphatic rings. The van der Waals surface area contributed by atoms with Crippen molar-refractivity contribution in [3.8, 4) is 0 Å². The van der Waals surface area contributed by atoms with Gasteiger partial charge < -0.3 is 9.47 Å². The molecular weight excluding hydrogens is 256 g/mol. The molecule has 4 nitrogen and oxygen atoms in total. The Balaban J connectivity index is 3.35. The van der Waals surface area contributed by atoms with Gasteiger partial charge in [0.25, 0.3) is 5.95 Å². The predicted molar refractivity (Wildman–Crippen MR) is 78.8 cm³/mol. The summed E-state index contributed by atoms with van der Waals surface area (Å²) in [5, 5.41) is 0. The first-order valence-electron chi connectivity index (χ1n) is 7.64. The zero-order chi connectivity index (χ0) is 15.2. The van der Waals surface area contributed by atoms with Crippen LogP contribution in [0.3, 0.4) is 0 Å². The van der Waals surface area contributed by atoms with E-state index in [9.17, 15) is 9.59 Å². The zero-order valence-electron chi connectivity index (χ0n) is 12.9. The van der Waals surface area contributed by atoms with Crippen LogP contribution in [-0.2, 0) is 19.1 Å². The van der Waals surface area contributed by atoms with E-state index in [1.165, 1.54) is 45.4 Å². The lowest BCUT2D eigenvalue weighted by Crippen LogP contribution is -2.08. The quantitative estimate of drug-likeness (QED) is 0.301. The maximum atomic E-state index is 11.4. The van der Waals surface area contributed by atoms with Gasteiger partial charge in [-0.15, -0.1) is 0 Å². The van der Waals surface area contributed by atoms with Gasteiger partial charge in [0, 0.05) is 13.3 Å². The molecule has 116 valence electrons. The van der Waals surface area contributed by atoms with Crippen LogP contribution < -0.4 is 0 Å². The van der Waals surface area contributed by atoms with Crippen molar-refractivity contribution in [1.29, 1.82) is 0 Å². The van der Waals surface area contributed by atoms with Crippen molar-refractivity contribution >= 4 is 11.9 Å². The van der Waals surface area contributed by atoms with Gasteiger partial charge in [0.2, 0.25) is 0 Å². The van der Waals surface area contributed by atoms with Gasteiger partial charge in [-0.25, -0.2) is 0 Å².